The molecule has 1 aliphatic heterocycles. The number of nitrogens with one attached hydrogen (secondary N) is 1. The van der Waals surface area contributed by atoms with Crippen LogP contribution in [0.2, 0.25) is 0 Å². The lowest BCUT2D eigenvalue weighted by Crippen LogP contribution is -2.40. The number of carbonyl (C=O) groups is 1. The molecule has 7 atom stereocenters. The molecule has 244 valence electrons. The second kappa shape index (κ2) is 15.2. The lowest BCUT2D eigenvalue weighted by molar-refractivity contribution is -0.137. The normalized spacial score (nSPS) is 23.9. The SMILES string of the molecule is CCOc1nc(N)nc2c1ncn2C1OC(COP(=S)(NC(C)C(O)OC(C)C)OCCSC(=O)C(C)(C)C)C(O)C1F. The van der Waals surface area contributed by atoms with Crippen LogP contribution in [0, 0.1) is 5.41 Å². The second-order valence-corrected chi connectivity index (χ2v) is 15.4. The Morgan fingerprint density at radius 2 is 2.02 bits per heavy atom. The minimum Gasteiger partial charge on any atom is -0.476 e. The van der Waals surface area contributed by atoms with E-state index in [0.717, 1.165) is 11.8 Å². The summed E-state index contributed by atoms with van der Waals surface area (Å²) in [6, 6.07) is -0.713. The quantitative estimate of drug-likeness (QED) is 0.123. The van der Waals surface area contributed by atoms with Gasteiger partial charge in [-0.15, -0.1) is 0 Å². The molecule has 0 saturated carbocycles. The summed E-state index contributed by atoms with van der Waals surface area (Å²) in [5.74, 6) is 0.343. The number of aliphatic hydroxyl groups is 2. The number of halogens is 1. The van der Waals surface area contributed by atoms with E-state index < -0.39 is 49.0 Å². The van der Waals surface area contributed by atoms with Crippen molar-refractivity contribution in [3.63, 3.8) is 0 Å². The van der Waals surface area contributed by atoms with Gasteiger partial charge in [0.1, 0.15) is 12.2 Å². The zero-order chi connectivity index (χ0) is 32.1. The Hall–Kier alpha value is -1.53. The Labute approximate surface area is 259 Å². The van der Waals surface area contributed by atoms with Crippen LogP contribution >= 0.6 is 18.4 Å². The van der Waals surface area contributed by atoms with Gasteiger partial charge in [0.2, 0.25) is 11.8 Å². The fourth-order valence-corrected chi connectivity index (χ4v) is 7.24. The van der Waals surface area contributed by atoms with Crippen molar-refractivity contribution in [3.8, 4) is 5.88 Å². The van der Waals surface area contributed by atoms with Crippen molar-refractivity contribution < 1.29 is 42.7 Å². The highest BCUT2D eigenvalue weighted by atomic mass is 32.5. The molecule has 0 aliphatic carbocycles. The molecule has 43 heavy (non-hydrogen) atoms. The number of ether oxygens (including phenoxy) is 3. The third-order valence-corrected chi connectivity index (χ3v) is 9.98. The Bertz CT molecular complexity index is 1280. The number of imidazole rings is 1. The van der Waals surface area contributed by atoms with E-state index in [9.17, 15) is 15.0 Å². The molecule has 0 bridgehead atoms. The van der Waals surface area contributed by atoms with Gasteiger partial charge in [0, 0.05) is 11.2 Å². The number of fused-ring (bicyclic) bond motifs is 1. The molecular formula is C25H42FN6O8PS2. The van der Waals surface area contributed by atoms with Gasteiger partial charge in [-0.3, -0.25) is 9.36 Å². The summed E-state index contributed by atoms with van der Waals surface area (Å²) in [6.45, 7) is 9.03. The van der Waals surface area contributed by atoms with Crippen LogP contribution < -0.4 is 15.6 Å². The highest BCUT2D eigenvalue weighted by molar-refractivity contribution is 8.13. The van der Waals surface area contributed by atoms with Gasteiger partial charge in [-0.1, -0.05) is 32.5 Å². The monoisotopic (exact) mass is 668 g/mol. The van der Waals surface area contributed by atoms with Gasteiger partial charge in [0.15, 0.2) is 35.0 Å². The van der Waals surface area contributed by atoms with E-state index in [0.29, 0.717) is 12.4 Å². The topological polar surface area (TPSA) is 185 Å². The first-order valence-electron chi connectivity index (χ1n) is 13.8. The first-order valence-corrected chi connectivity index (χ1v) is 17.5. The molecule has 1 aliphatic rings. The molecule has 0 amide bonds. The van der Waals surface area contributed by atoms with Gasteiger partial charge in [0.25, 0.3) is 6.64 Å². The number of aromatic nitrogens is 4. The van der Waals surface area contributed by atoms with Crippen LogP contribution in [0.4, 0.5) is 10.3 Å². The number of nitrogens with two attached hydrogens (primary N) is 1. The van der Waals surface area contributed by atoms with Gasteiger partial charge in [-0.25, -0.2) is 14.5 Å². The Kier molecular flexibility index (Phi) is 12.7. The van der Waals surface area contributed by atoms with Crippen LogP contribution in [-0.2, 0) is 35.1 Å². The molecule has 0 aromatic carbocycles. The van der Waals surface area contributed by atoms with Crippen LogP contribution in [0.1, 0.15) is 54.7 Å². The second-order valence-electron chi connectivity index (χ2n) is 11.1. The van der Waals surface area contributed by atoms with E-state index in [-0.39, 0.29) is 47.4 Å². The number of alkyl halides is 1. The summed E-state index contributed by atoms with van der Waals surface area (Å²) < 4.78 is 45.4. The molecule has 3 rings (SSSR count). The summed E-state index contributed by atoms with van der Waals surface area (Å²) in [5.41, 5.74) is 5.72. The summed E-state index contributed by atoms with van der Waals surface area (Å²) in [7, 11) is 0. The van der Waals surface area contributed by atoms with Crippen LogP contribution in [0.15, 0.2) is 6.33 Å². The van der Waals surface area contributed by atoms with Crippen LogP contribution in [0.5, 0.6) is 5.88 Å². The smallest absolute Gasteiger partial charge is 0.261 e. The maximum atomic E-state index is 15.4. The number of carbonyl (C=O) groups excluding carboxylic acids is 1. The largest absolute Gasteiger partial charge is 0.476 e. The van der Waals surface area contributed by atoms with Crippen LogP contribution in [0.3, 0.4) is 0 Å². The fraction of sp³-hybridized carbons (Fsp3) is 0.760. The molecule has 3 heterocycles. The number of nitrogens with zero attached hydrogens (tertiary/aromatic N) is 4. The van der Waals surface area contributed by atoms with E-state index >= 15 is 4.39 Å². The van der Waals surface area contributed by atoms with Crippen molar-refractivity contribution in [2.24, 2.45) is 5.41 Å². The summed E-state index contributed by atoms with van der Waals surface area (Å²) in [6.07, 6.45) is -6.14. The molecule has 2 aromatic heterocycles. The average Bonchev–Trinajstić information content (AvgIpc) is 3.45. The molecule has 1 fully saturated rings. The number of hydrogen-bond donors (Lipinski definition) is 4. The summed E-state index contributed by atoms with van der Waals surface area (Å²) >= 11 is 6.80. The molecule has 7 unspecified atom stereocenters. The maximum absolute atomic E-state index is 15.4. The molecule has 14 nitrogen and oxygen atoms in total. The van der Waals surface area contributed by atoms with Gasteiger partial charge >= 0.3 is 0 Å². The molecule has 1 saturated heterocycles. The van der Waals surface area contributed by atoms with Crippen LogP contribution in [-0.4, -0.2) is 97.2 Å². The minimum absolute atomic E-state index is 0.0117. The first-order chi connectivity index (χ1) is 20.1. The van der Waals surface area contributed by atoms with Crippen molar-refractivity contribution in [3.05, 3.63) is 6.33 Å². The number of nitrogen functional groups attached to an aromatic ring is 1. The highest BCUT2D eigenvalue weighted by Crippen LogP contribution is 2.47. The van der Waals surface area contributed by atoms with Gasteiger partial charge in [-0.2, -0.15) is 9.97 Å². The van der Waals surface area contributed by atoms with Crippen molar-refractivity contribution in [2.45, 2.75) is 91.5 Å². The van der Waals surface area contributed by atoms with E-state index in [1.54, 1.807) is 27.7 Å². The van der Waals surface area contributed by atoms with Crippen molar-refractivity contribution in [1.29, 1.82) is 0 Å². The number of anilines is 1. The Morgan fingerprint density at radius 1 is 1.33 bits per heavy atom. The number of aliphatic hydroxyl groups excluding tert-OH is 2. The minimum atomic E-state index is -3.38. The van der Waals surface area contributed by atoms with Crippen molar-refractivity contribution in [1.82, 2.24) is 24.6 Å². The van der Waals surface area contributed by atoms with Gasteiger partial charge in [0.05, 0.1) is 38.3 Å². The fourth-order valence-electron chi connectivity index (χ4n) is 3.90. The molecular weight excluding hydrogens is 626 g/mol. The van der Waals surface area contributed by atoms with Crippen molar-refractivity contribution in [2.75, 3.05) is 31.3 Å². The predicted molar refractivity (Wildman–Crippen MR) is 164 cm³/mol. The summed E-state index contributed by atoms with van der Waals surface area (Å²) in [5, 5.41) is 24.1. The molecule has 5 N–H and O–H groups in total. The van der Waals surface area contributed by atoms with Gasteiger partial charge < -0.3 is 39.2 Å². The van der Waals surface area contributed by atoms with E-state index in [2.05, 4.69) is 20.0 Å². The van der Waals surface area contributed by atoms with Crippen molar-refractivity contribution >= 4 is 52.4 Å². The highest BCUT2D eigenvalue weighted by Gasteiger charge is 2.47. The third kappa shape index (κ3) is 9.48. The summed E-state index contributed by atoms with van der Waals surface area (Å²) in [4.78, 5) is 24.7. The van der Waals surface area contributed by atoms with Crippen LogP contribution in [0.25, 0.3) is 11.2 Å². The average molecular weight is 669 g/mol. The Morgan fingerprint density at radius 3 is 2.65 bits per heavy atom. The van der Waals surface area contributed by atoms with E-state index in [4.69, 9.17) is 40.8 Å². The zero-order valence-corrected chi connectivity index (χ0v) is 27.8. The van der Waals surface area contributed by atoms with E-state index in [1.807, 2.05) is 20.8 Å². The van der Waals surface area contributed by atoms with E-state index in [1.165, 1.54) is 10.9 Å². The molecule has 0 radical (unpaired) electrons. The third-order valence-electron chi connectivity index (χ3n) is 6.06. The first kappa shape index (κ1) is 35.9. The Balaban J connectivity index is 1.74. The zero-order valence-electron chi connectivity index (χ0n) is 25.3. The lowest BCUT2D eigenvalue weighted by atomic mass is 10.00. The number of hydrogen-bond acceptors (Lipinski definition) is 14. The molecule has 0 spiro atoms. The molecule has 18 heteroatoms. The standard InChI is InChI=1S/C25H42FN6O8PS2/c1-8-36-20-17-19(29-24(27)30-20)32(12-28-17)21-16(26)18(33)15(40-21)11-38-41(42,31-14(4)22(34)39-13(2)3)37-9-10-43-23(35)25(5,6)7/h12-16,18,21-22,33-34H,8-11H2,1-7H3,(H,31,42)(H2,27,29,30). The lowest BCUT2D eigenvalue weighted by Gasteiger charge is -2.30. The van der Waals surface area contributed by atoms with Gasteiger partial charge in [-0.05, 0) is 39.5 Å². The molecule has 2 aromatic rings. The maximum Gasteiger partial charge on any atom is 0.261 e. The predicted octanol–water partition coefficient (Wildman–Crippen LogP) is 2.69. The number of thioether (sulfide) groups is 1. The number of rotatable bonds is 15.